The molecule has 21 heavy (non-hydrogen) atoms. The largest absolute Gasteiger partial charge is 0.381 e. The molecular formula is C19H35NO. The van der Waals surface area contributed by atoms with Crippen LogP contribution in [0.25, 0.3) is 0 Å². The Balaban J connectivity index is 1.38. The van der Waals surface area contributed by atoms with Crippen LogP contribution in [0.1, 0.15) is 71.6 Å². The summed E-state index contributed by atoms with van der Waals surface area (Å²) in [6.07, 6.45) is 12.8. The molecule has 1 N–H and O–H groups in total. The van der Waals surface area contributed by atoms with Crippen molar-refractivity contribution in [2.75, 3.05) is 19.8 Å². The molecule has 4 rings (SSSR count). The molecule has 0 spiro atoms. The Hall–Kier alpha value is -0.0800. The van der Waals surface area contributed by atoms with Crippen LogP contribution >= 0.6 is 0 Å². The SMILES string of the molecule is CCCCOCCCNC(C)C12CC3CC(CC(C3)C1)C2. The third-order valence-corrected chi connectivity index (χ3v) is 6.56. The fourth-order valence-corrected chi connectivity index (χ4v) is 5.77. The lowest BCUT2D eigenvalue weighted by molar-refractivity contribution is -0.0705. The minimum Gasteiger partial charge on any atom is -0.381 e. The molecule has 2 heteroatoms. The van der Waals surface area contributed by atoms with Gasteiger partial charge in [0.2, 0.25) is 0 Å². The number of nitrogens with one attached hydrogen (secondary N) is 1. The Morgan fingerprint density at radius 3 is 2.14 bits per heavy atom. The van der Waals surface area contributed by atoms with Gasteiger partial charge in [0.1, 0.15) is 0 Å². The Kier molecular flexibility index (Phi) is 5.27. The van der Waals surface area contributed by atoms with Crippen molar-refractivity contribution < 1.29 is 4.74 Å². The van der Waals surface area contributed by atoms with Crippen LogP contribution in [0.5, 0.6) is 0 Å². The van der Waals surface area contributed by atoms with Crippen LogP contribution in [0.4, 0.5) is 0 Å². The highest BCUT2D eigenvalue weighted by atomic mass is 16.5. The standard InChI is InChI=1S/C19H35NO/c1-3-4-7-21-8-5-6-20-15(2)19-12-16-9-17(13-19)11-18(10-16)14-19/h15-18,20H,3-14H2,1-2H3. The van der Waals surface area contributed by atoms with E-state index in [-0.39, 0.29) is 0 Å². The highest BCUT2D eigenvalue weighted by Crippen LogP contribution is 2.61. The zero-order valence-corrected chi connectivity index (χ0v) is 14.2. The first-order valence-corrected chi connectivity index (χ1v) is 9.53. The van der Waals surface area contributed by atoms with E-state index in [0.29, 0.717) is 11.5 Å². The molecular weight excluding hydrogens is 258 g/mol. The lowest BCUT2D eigenvalue weighted by Crippen LogP contribution is -2.55. The van der Waals surface area contributed by atoms with Crippen molar-refractivity contribution >= 4 is 0 Å². The van der Waals surface area contributed by atoms with Gasteiger partial charge in [-0.15, -0.1) is 0 Å². The van der Waals surface area contributed by atoms with Gasteiger partial charge in [0.15, 0.2) is 0 Å². The number of hydrogen-bond donors (Lipinski definition) is 1. The van der Waals surface area contributed by atoms with Crippen molar-refractivity contribution in [1.29, 1.82) is 0 Å². The Morgan fingerprint density at radius 2 is 1.57 bits per heavy atom. The maximum atomic E-state index is 5.67. The maximum Gasteiger partial charge on any atom is 0.0478 e. The van der Waals surface area contributed by atoms with Crippen LogP contribution in [0.15, 0.2) is 0 Å². The molecule has 0 aromatic heterocycles. The summed E-state index contributed by atoms with van der Waals surface area (Å²) in [4.78, 5) is 0. The first kappa shape index (κ1) is 15.8. The van der Waals surface area contributed by atoms with Crippen LogP contribution in [-0.2, 0) is 4.74 Å². The summed E-state index contributed by atoms with van der Waals surface area (Å²) in [5.74, 6) is 3.20. The zero-order valence-electron chi connectivity index (χ0n) is 14.2. The smallest absolute Gasteiger partial charge is 0.0478 e. The molecule has 4 aliphatic carbocycles. The lowest BCUT2D eigenvalue weighted by Gasteiger charge is -2.59. The van der Waals surface area contributed by atoms with Crippen LogP contribution < -0.4 is 5.32 Å². The molecule has 1 unspecified atom stereocenters. The second-order valence-electron chi connectivity index (χ2n) is 8.28. The molecule has 4 saturated carbocycles. The summed E-state index contributed by atoms with van der Waals surface area (Å²) >= 11 is 0. The fraction of sp³-hybridized carbons (Fsp3) is 1.00. The Morgan fingerprint density at radius 1 is 1.00 bits per heavy atom. The molecule has 2 nitrogen and oxygen atoms in total. The van der Waals surface area contributed by atoms with E-state index >= 15 is 0 Å². The van der Waals surface area contributed by atoms with Crippen molar-refractivity contribution in [3.63, 3.8) is 0 Å². The average molecular weight is 293 g/mol. The molecule has 0 saturated heterocycles. The predicted octanol–water partition coefficient (Wildman–Crippen LogP) is 4.39. The van der Waals surface area contributed by atoms with Crippen molar-refractivity contribution in [3.8, 4) is 0 Å². The second kappa shape index (κ2) is 7.00. The first-order chi connectivity index (χ1) is 10.2. The number of unbranched alkanes of at least 4 members (excludes halogenated alkanes) is 1. The predicted molar refractivity (Wildman–Crippen MR) is 88.4 cm³/mol. The van der Waals surface area contributed by atoms with Gasteiger partial charge in [0.25, 0.3) is 0 Å². The van der Waals surface area contributed by atoms with E-state index < -0.39 is 0 Å². The second-order valence-corrected chi connectivity index (χ2v) is 8.28. The van der Waals surface area contributed by atoms with E-state index in [4.69, 9.17) is 4.74 Å². The minimum atomic E-state index is 0.651. The van der Waals surface area contributed by atoms with Gasteiger partial charge in [0, 0.05) is 19.3 Å². The quantitative estimate of drug-likeness (QED) is 0.637. The highest BCUT2D eigenvalue weighted by Gasteiger charge is 2.52. The van der Waals surface area contributed by atoms with Gasteiger partial charge in [-0.05, 0) is 88.0 Å². The van der Waals surface area contributed by atoms with E-state index in [1.54, 1.807) is 19.3 Å². The first-order valence-electron chi connectivity index (χ1n) is 9.53. The zero-order chi connectivity index (χ0) is 14.7. The Labute approximate surface area is 131 Å². The summed E-state index contributed by atoms with van der Waals surface area (Å²) in [6, 6.07) is 0.710. The van der Waals surface area contributed by atoms with E-state index in [2.05, 4.69) is 19.2 Å². The maximum absolute atomic E-state index is 5.67. The molecule has 1 atom stereocenters. The molecule has 122 valence electrons. The molecule has 0 amide bonds. The average Bonchev–Trinajstić information content (AvgIpc) is 2.44. The Bertz CT molecular complexity index is 292. The van der Waals surface area contributed by atoms with Crippen LogP contribution in [0.2, 0.25) is 0 Å². The van der Waals surface area contributed by atoms with Crippen molar-refractivity contribution in [1.82, 2.24) is 5.32 Å². The number of rotatable bonds is 9. The summed E-state index contributed by atoms with van der Waals surface area (Å²) in [7, 11) is 0. The molecule has 4 aliphatic rings. The molecule has 0 aromatic carbocycles. The summed E-state index contributed by atoms with van der Waals surface area (Å²) in [5.41, 5.74) is 0.651. The third kappa shape index (κ3) is 3.64. The lowest BCUT2D eigenvalue weighted by atomic mass is 9.48. The van der Waals surface area contributed by atoms with E-state index in [1.165, 1.54) is 38.5 Å². The van der Waals surface area contributed by atoms with Crippen LogP contribution in [0, 0.1) is 23.2 Å². The molecule has 0 aliphatic heterocycles. The summed E-state index contributed by atoms with van der Waals surface area (Å²) in [6.45, 7) is 7.69. The minimum absolute atomic E-state index is 0.651. The van der Waals surface area contributed by atoms with Crippen LogP contribution in [0.3, 0.4) is 0 Å². The third-order valence-electron chi connectivity index (χ3n) is 6.56. The van der Waals surface area contributed by atoms with Crippen molar-refractivity contribution in [2.45, 2.75) is 77.7 Å². The van der Waals surface area contributed by atoms with Crippen LogP contribution in [-0.4, -0.2) is 25.8 Å². The van der Waals surface area contributed by atoms with Gasteiger partial charge in [0.05, 0.1) is 0 Å². The summed E-state index contributed by atoms with van der Waals surface area (Å²) < 4.78 is 5.67. The molecule has 4 bridgehead atoms. The van der Waals surface area contributed by atoms with E-state index in [1.807, 2.05) is 0 Å². The molecule has 0 aromatic rings. The van der Waals surface area contributed by atoms with Gasteiger partial charge in [-0.2, -0.15) is 0 Å². The number of ether oxygens (including phenoxy) is 1. The molecule has 0 heterocycles. The molecule has 4 fully saturated rings. The van der Waals surface area contributed by atoms with E-state index in [0.717, 1.165) is 37.5 Å². The molecule has 0 radical (unpaired) electrons. The van der Waals surface area contributed by atoms with Gasteiger partial charge >= 0.3 is 0 Å². The number of hydrogen-bond acceptors (Lipinski definition) is 2. The van der Waals surface area contributed by atoms with Gasteiger partial charge in [-0.3, -0.25) is 0 Å². The van der Waals surface area contributed by atoms with Gasteiger partial charge in [-0.25, -0.2) is 0 Å². The van der Waals surface area contributed by atoms with Gasteiger partial charge in [-0.1, -0.05) is 13.3 Å². The van der Waals surface area contributed by atoms with Crippen molar-refractivity contribution in [3.05, 3.63) is 0 Å². The van der Waals surface area contributed by atoms with Crippen molar-refractivity contribution in [2.24, 2.45) is 23.2 Å². The van der Waals surface area contributed by atoms with Gasteiger partial charge < -0.3 is 10.1 Å². The van der Waals surface area contributed by atoms with E-state index in [9.17, 15) is 0 Å². The topological polar surface area (TPSA) is 21.3 Å². The fourth-order valence-electron chi connectivity index (χ4n) is 5.77. The summed E-state index contributed by atoms with van der Waals surface area (Å²) in [5, 5.41) is 3.85. The monoisotopic (exact) mass is 293 g/mol. The normalized spacial score (nSPS) is 38.9. The highest BCUT2D eigenvalue weighted by molar-refractivity contribution is 5.05.